The van der Waals surface area contributed by atoms with Gasteiger partial charge < -0.3 is 5.73 Å². The highest BCUT2D eigenvalue weighted by molar-refractivity contribution is 8.00. The Morgan fingerprint density at radius 2 is 1.71 bits per heavy atom. The summed E-state index contributed by atoms with van der Waals surface area (Å²) < 4.78 is 36.7. The maximum Gasteiger partial charge on any atom is 0.446 e. The number of nitrogens with two attached hydrogens (primary N) is 1. The molecular weight excluding hydrogens is 321 g/mol. The fraction of sp³-hybridized carbons (Fsp3) is 0.571. The lowest BCUT2D eigenvalue weighted by molar-refractivity contribution is -0.0328. The molecule has 0 bridgehead atoms. The Morgan fingerprint density at radius 1 is 1.14 bits per heavy atom. The van der Waals surface area contributed by atoms with E-state index in [2.05, 4.69) is 4.90 Å². The summed E-state index contributed by atoms with van der Waals surface area (Å²) in [5.74, 6) is 0.622. The molecule has 0 spiro atoms. The van der Waals surface area contributed by atoms with E-state index in [0.717, 1.165) is 44.6 Å². The van der Waals surface area contributed by atoms with Crippen LogP contribution in [0.3, 0.4) is 0 Å². The van der Waals surface area contributed by atoms with E-state index in [1.807, 2.05) is 0 Å². The number of hydrogen-bond acceptors (Lipinski definition) is 3. The summed E-state index contributed by atoms with van der Waals surface area (Å²) in [4.78, 5) is 2.57. The molecule has 2 rings (SSSR count). The molecule has 0 aromatic heterocycles. The van der Waals surface area contributed by atoms with Crippen LogP contribution >= 0.6 is 24.2 Å². The second kappa shape index (κ2) is 8.27. The normalized spacial score (nSPS) is 17.5. The highest BCUT2D eigenvalue weighted by atomic mass is 35.5. The number of thioether (sulfide) groups is 1. The van der Waals surface area contributed by atoms with E-state index in [1.54, 1.807) is 24.3 Å². The highest BCUT2D eigenvalue weighted by Crippen LogP contribution is 2.36. The molecule has 7 heteroatoms. The summed E-state index contributed by atoms with van der Waals surface area (Å²) in [6.07, 6.45) is 2.22. The number of alkyl halides is 3. The van der Waals surface area contributed by atoms with Crippen LogP contribution < -0.4 is 5.73 Å². The van der Waals surface area contributed by atoms with Crippen LogP contribution in [-0.4, -0.2) is 30.0 Å². The second-order valence-electron chi connectivity index (χ2n) is 5.15. The van der Waals surface area contributed by atoms with Gasteiger partial charge in [0.25, 0.3) is 0 Å². The summed E-state index contributed by atoms with van der Waals surface area (Å²) in [6.45, 7) is 3.58. The van der Waals surface area contributed by atoms with Gasteiger partial charge in [0.15, 0.2) is 0 Å². The molecule has 1 fully saturated rings. The number of hydrogen-bond donors (Lipinski definition) is 1. The van der Waals surface area contributed by atoms with Gasteiger partial charge in [0.2, 0.25) is 0 Å². The third-order valence-electron chi connectivity index (χ3n) is 3.60. The monoisotopic (exact) mass is 340 g/mol. The number of nitrogens with zero attached hydrogens (tertiary/aromatic N) is 1. The molecule has 2 N–H and O–H groups in total. The zero-order valence-electron chi connectivity index (χ0n) is 11.6. The van der Waals surface area contributed by atoms with Crippen molar-refractivity contribution in [1.82, 2.24) is 4.90 Å². The summed E-state index contributed by atoms with van der Waals surface area (Å²) in [7, 11) is 0. The van der Waals surface area contributed by atoms with Crippen molar-refractivity contribution in [1.29, 1.82) is 0 Å². The van der Waals surface area contributed by atoms with Gasteiger partial charge in [-0.2, -0.15) is 13.2 Å². The van der Waals surface area contributed by atoms with Crippen molar-refractivity contribution in [3.63, 3.8) is 0 Å². The maximum absolute atomic E-state index is 12.2. The van der Waals surface area contributed by atoms with Crippen molar-refractivity contribution in [2.45, 2.75) is 29.8 Å². The molecule has 0 aliphatic carbocycles. The summed E-state index contributed by atoms with van der Waals surface area (Å²) in [6, 6.07) is 6.65. The van der Waals surface area contributed by atoms with Gasteiger partial charge in [-0.15, -0.1) is 12.4 Å². The third kappa shape index (κ3) is 6.46. The molecule has 0 saturated carbocycles. The summed E-state index contributed by atoms with van der Waals surface area (Å²) in [5, 5.41) is 0. The molecule has 1 aromatic rings. The zero-order valence-corrected chi connectivity index (χ0v) is 13.2. The highest BCUT2D eigenvalue weighted by Gasteiger charge is 2.29. The predicted octanol–water partition coefficient (Wildman–Crippen LogP) is 3.89. The van der Waals surface area contributed by atoms with Crippen LogP contribution in [0.2, 0.25) is 0 Å². The van der Waals surface area contributed by atoms with Gasteiger partial charge in [-0.3, -0.25) is 4.90 Å². The summed E-state index contributed by atoms with van der Waals surface area (Å²) in [5.41, 5.74) is 2.50. The average Bonchev–Trinajstić information content (AvgIpc) is 2.40. The SMILES string of the molecule is Cl.NCC1CCN(Cc2ccc(SC(F)(F)F)cc2)CC1. The molecule has 1 heterocycles. The minimum absolute atomic E-state index is 0. The van der Waals surface area contributed by atoms with E-state index in [0.29, 0.717) is 5.92 Å². The minimum atomic E-state index is -4.22. The first kappa shape index (κ1) is 18.6. The standard InChI is InChI=1S/C14H19F3N2S.ClH/c15-14(16,17)20-13-3-1-12(2-4-13)10-19-7-5-11(9-18)6-8-19;/h1-4,11H,5-10,18H2;1H. The van der Waals surface area contributed by atoms with Gasteiger partial charge in [0, 0.05) is 11.4 Å². The molecule has 120 valence electrons. The van der Waals surface area contributed by atoms with Gasteiger partial charge in [-0.25, -0.2) is 0 Å². The molecule has 0 radical (unpaired) electrons. The van der Waals surface area contributed by atoms with Gasteiger partial charge in [-0.05, 0) is 67.9 Å². The van der Waals surface area contributed by atoms with Gasteiger partial charge in [-0.1, -0.05) is 12.1 Å². The number of benzene rings is 1. The van der Waals surface area contributed by atoms with Crippen LogP contribution in [0, 0.1) is 5.92 Å². The van der Waals surface area contributed by atoms with Crippen LogP contribution in [0.1, 0.15) is 18.4 Å². The van der Waals surface area contributed by atoms with Crippen molar-refractivity contribution in [3.8, 4) is 0 Å². The Kier molecular flexibility index (Phi) is 7.33. The van der Waals surface area contributed by atoms with Gasteiger partial charge in [0.1, 0.15) is 0 Å². The van der Waals surface area contributed by atoms with Crippen LogP contribution in [-0.2, 0) is 6.54 Å². The average molecular weight is 341 g/mol. The quantitative estimate of drug-likeness (QED) is 0.843. The van der Waals surface area contributed by atoms with Crippen molar-refractivity contribution in [2.75, 3.05) is 19.6 Å². The van der Waals surface area contributed by atoms with Crippen LogP contribution in [0.5, 0.6) is 0 Å². The van der Waals surface area contributed by atoms with Crippen LogP contribution in [0.4, 0.5) is 13.2 Å². The fourth-order valence-corrected chi connectivity index (χ4v) is 2.97. The van der Waals surface area contributed by atoms with E-state index in [9.17, 15) is 13.2 Å². The van der Waals surface area contributed by atoms with Crippen molar-refractivity contribution >= 4 is 24.2 Å². The first-order chi connectivity index (χ1) is 9.46. The molecule has 0 atom stereocenters. The summed E-state index contributed by atoms with van der Waals surface area (Å²) >= 11 is -0.0687. The molecule has 1 aliphatic heterocycles. The van der Waals surface area contributed by atoms with Crippen LogP contribution in [0.25, 0.3) is 0 Å². The molecule has 1 aliphatic rings. The molecular formula is C14H20ClF3N2S. The van der Waals surface area contributed by atoms with E-state index in [-0.39, 0.29) is 29.1 Å². The van der Waals surface area contributed by atoms with E-state index in [1.165, 1.54) is 0 Å². The number of rotatable bonds is 4. The lowest BCUT2D eigenvalue weighted by Crippen LogP contribution is -2.35. The Bertz CT molecular complexity index is 417. The molecule has 1 saturated heterocycles. The van der Waals surface area contributed by atoms with Gasteiger partial charge >= 0.3 is 5.51 Å². The van der Waals surface area contributed by atoms with E-state index >= 15 is 0 Å². The molecule has 21 heavy (non-hydrogen) atoms. The number of likely N-dealkylation sites (tertiary alicyclic amines) is 1. The smallest absolute Gasteiger partial charge is 0.330 e. The predicted molar refractivity (Wildman–Crippen MR) is 82.7 cm³/mol. The first-order valence-electron chi connectivity index (χ1n) is 6.73. The molecule has 1 aromatic carbocycles. The Hall–Kier alpha value is -0.430. The van der Waals surface area contributed by atoms with E-state index < -0.39 is 5.51 Å². The first-order valence-corrected chi connectivity index (χ1v) is 7.55. The second-order valence-corrected chi connectivity index (χ2v) is 6.29. The van der Waals surface area contributed by atoms with Crippen molar-refractivity contribution < 1.29 is 13.2 Å². The van der Waals surface area contributed by atoms with Crippen molar-refractivity contribution in [2.24, 2.45) is 11.7 Å². The molecule has 0 amide bonds. The van der Waals surface area contributed by atoms with Crippen molar-refractivity contribution in [3.05, 3.63) is 29.8 Å². The Balaban J connectivity index is 0.00000220. The Morgan fingerprint density at radius 3 is 2.19 bits per heavy atom. The van der Waals surface area contributed by atoms with Gasteiger partial charge in [0.05, 0.1) is 0 Å². The fourth-order valence-electron chi connectivity index (χ4n) is 2.43. The Labute approximate surface area is 133 Å². The lowest BCUT2D eigenvalue weighted by atomic mass is 9.97. The zero-order chi connectivity index (χ0) is 14.6. The third-order valence-corrected chi connectivity index (χ3v) is 4.34. The van der Waals surface area contributed by atoms with Crippen LogP contribution in [0.15, 0.2) is 29.2 Å². The topological polar surface area (TPSA) is 29.3 Å². The largest absolute Gasteiger partial charge is 0.446 e. The van der Waals surface area contributed by atoms with E-state index in [4.69, 9.17) is 5.73 Å². The number of halogens is 4. The molecule has 2 nitrogen and oxygen atoms in total. The lowest BCUT2D eigenvalue weighted by Gasteiger charge is -2.31. The maximum atomic E-state index is 12.2. The molecule has 0 unspecified atom stereocenters. The number of piperidine rings is 1. The minimum Gasteiger partial charge on any atom is -0.330 e.